The Morgan fingerprint density at radius 3 is 1.34 bits per heavy atom. The van der Waals surface area contributed by atoms with Crippen molar-refractivity contribution in [2.45, 2.75) is 62.7 Å². The summed E-state index contributed by atoms with van der Waals surface area (Å²) < 4.78 is 0. The first-order valence-electron chi connectivity index (χ1n) is 22.7. The number of nitrogens with one attached hydrogen (secondary N) is 2. The van der Waals surface area contributed by atoms with Gasteiger partial charge in [-0.05, 0) is 92.0 Å². The quantitative estimate of drug-likeness (QED) is 0.135. The van der Waals surface area contributed by atoms with Gasteiger partial charge in [0.25, 0.3) is 0 Å². The third kappa shape index (κ3) is 8.12. The highest BCUT2D eigenvalue weighted by Crippen LogP contribution is 2.38. The van der Waals surface area contributed by atoms with E-state index in [-0.39, 0.29) is 36.0 Å². The molecular formula is C51H57N9O2. The Bertz CT molecular complexity index is 2430. The first-order chi connectivity index (χ1) is 30.5. The molecular weight excluding hydrogens is 771 g/mol. The highest BCUT2D eigenvalue weighted by molar-refractivity contribution is 5.85. The van der Waals surface area contributed by atoms with Gasteiger partial charge in [0.1, 0.15) is 23.7 Å². The molecule has 0 spiro atoms. The van der Waals surface area contributed by atoms with Gasteiger partial charge in [0.15, 0.2) is 0 Å². The van der Waals surface area contributed by atoms with E-state index in [0.29, 0.717) is 0 Å². The van der Waals surface area contributed by atoms with Crippen molar-refractivity contribution < 1.29 is 9.59 Å². The Morgan fingerprint density at radius 2 is 0.903 bits per heavy atom. The molecule has 4 aromatic carbocycles. The molecule has 4 aliphatic rings. The first kappa shape index (κ1) is 40.2. The van der Waals surface area contributed by atoms with Crippen LogP contribution in [0.2, 0.25) is 0 Å². The molecule has 4 saturated heterocycles. The summed E-state index contributed by atoms with van der Waals surface area (Å²) in [5, 5.41) is 0. The third-order valence-corrected chi connectivity index (χ3v) is 13.7. The van der Waals surface area contributed by atoms with Crippen molar-refractivity contribution in [3.05, 3.63) is 144 Å². The zero-order valence-corrected chi connectivity index (χ0v) is 35.7. The van der Waals surface area contributed by atoms with E-state index in [4.69, 9.17) is 9.97 Å². The van der Waals surface area contributed by atoms with E-state index in [1.807, 2.05) is 48.8 Å². The van der Waals surface area contributed by atoms with Gasteiger partial charge in [0.2, 0.25) is 11.8 Å². The van der Waals surface area contributed by atoms with E-state index in [1.54, 1.807) is 0 Å². The monoisotopic (exact) mass is 827 g/mol. The molecule has 6 heterocycles. The number of aromatic nitrogens is 4. The molecule has 4 aliphatic heterocycles. The zero-order valence-electron chi connectivity index (χ0n) is 35.7. The fourth-order valence-electron chi connectivity index (χ4n) is 10.3. The Labute approximate surface area is 364 Å². The number of carbonyl (C=O) groups excluding carboxylic acids is 2. The molecule has 62 heavy (non-hydrogen) atoms. The minimum absolute atomic E-state index is 0.0624. The molecule has 2 aromatic heterocycles. The molecule has 0 aliphatic carbocycles. The summed E-state index contributed by atoms with van der Waals surface area (Å²) in [4.78, 5) is 56.8. The number of benzene rings is 4. The van der Waals surface area contributed by atoms with Gasteiger partial charge in [-0.25, -0.2) is 9.97 Å². The molecule has 1 unspecified atom stereocenters. The van der Waals surface area contributed by atoms with Crippen LogP contribution in [-0.2, 0) is 9.59 Å². The van der Waals surface area contributed by atoms with Crippen LogP contribution in [0.15, 0.2) is 122 Å². The number of H-pyrrole nitrogens is 2. The number of likely N-dealkylation sites (tertiary alicyclic amines) is 3. The normalized spacial score (nSPS) is 21.1. The van der Waals surface area contributed by atoms with Crippen LogP contribution >= 0.6 is 0 Å². The number of hydrogen-bond acceptors (Lipinski definition) is 7. The second-order valence-electron chi connectivity index (χ2n) is 17.6. The van der Waals surface area contributed by atoms with Crippen LogP contribution in [0.1, 0.15) is 85.5 Å². The minimum Gasteiger partial charge on any atom is -0.340 e. The summed E-state index contributed by atoms with van der Waals surface area (Å²) in [5.74, 6) is 2.06. The number of hydrogen-bond donors (Lipinski definition) is 2. The SMILES string of the molecule is CN1CCN(C(C(=O)N2CCC[C@H]2c2ncc(-c3ccc(-c4ccc(-c5cnc([C@@H]6CCCN6C(=O)[C@@H](c6ccccc6)N6CCCC6)[nH]5)cc4)cc3)[nH]2)c2ccccc2)CC1. The van der Waals surface area contributed by atoms with E-state index in [0.717, 1.165) is 147 Å². The van der Waals surface area contributed by atoms with Gasteiger partial charge in [-0.3, -0.25) is 19.4 Å². The van der Waals surface area contributed by atoms with Crippen molar-refractivity contribution in [2.24, 2.45) is 0 Å². The smallest absolute Gasteiger partial charge is 0.245 e. The van der Waals surface area contributed by atoms with Crippen LogP contribution in [0.5, 0.6) is 0 Å². The number of carbonyl (C=O) groups is 2. The van der Waals surface area contributed by atoms with Crippen molar-refractivity contribution in [1.82, 2.24) is 44.4 Å². The molecule has 11 heteroatoms. The van der Waals surface area contributed by atoms with Crippen molar-refractivity contribution in [3.63, 3.8) is 0 Å². The van der Waals surface area contributed by atoms with Gasteiger partial charge in [0, 0.05) is 39.3 Å². The molecule has 4 atom stereocenters. The first-order valence-corrected chi connectivity index (χ1v) is 22.7. The molecule has 11 nitrogen and oxygen atoms in total. The number of nitrogens with zero attached hydrogens (tertiary/aromatic N) is 7. The molecule has 2 N–H and O–H groups in total. The second kappa shape index (κ2) is 17.8. The summed E-state index contributed by atoms with van der Waals surface area (Å²) >= 11 is 0. The maximum atomic E-state index is 14.5. The Morgan fingerprint density at radius 1 is 0.500 bits per heavy atom. The van der Waals surface area contributed by atoms with E-state index in [9.17, 15) is 9.59 Å². The largest absolute Gasteiger partial charge is 0.340 e. The van der Waals surface area contributed by atoms with Crippen molar-refractivity contribution in [2.75, 3.05) is 59.4 Å². The summed E-state index contributed by atoms with van der Waals surface area (Å²) in [6.07, 6.45) is 9.81. The molecule has 10 rings (SSSR count). The standard InChI is InChI=1S/C51H57N9O2/c1-56-30-32-58(33-31-56)47(41-14-6-3-7-15-41)51(62)60-29-11-17-45(60)49-53-35-43(55-49)39-24-20-37(21-25-39)36-18-22-38(23-19-36)42-34-52-48(54-42)44-16-10-28-59(44)50(61)46(57-26-8-9-27-57)40-12-4-2-5-13-40/h2-7,12-15,18-25,34-35,44-47H,8-11,16-17,26-33H2,1H3,(H,52,54)(H,53,55)/t44-,45-,46+,47?/m0/s1. The van der Waals surface area contributed by atoms with E-state index in [2.05, 4.69) is 114 Å². The third-order valence-electron chi connectivity index (χ3n) is 13.7. The van der Waals surface area contributed by atoms with Gasteiger partial charge in [-0.2, -0.15) is 0 Å². The molecule has 0 radical (unpaired) electrons. The summed E-state index contributed by atoms with van der Waals surface area (Å²) in [6.45, 7) is 7.05. The van der Waals surface area contributed by atoms with E-state index in [1.165, 1.54) is 0 Å². The lowest BCUT2D eigenvalue weighted by Crippen LogP contribution is -2.50. The zero-order chi connectivity index (χ0) is 42.0. The lowest BCUT2D eigenvalue weighted by molar-refractivity contribution is -0.139. The van der Waals surface area contributed by atoms with Crippen LogP contribution in [0.4, 0.5) is 0 Å². The lowest BCUT2D eigenvalue weighted by atomic mass is 10.0. The van der Waals surface area contributed by atoms with Crippen molar-refractivity contribution in [3.8, 4) is 33.6 Å². The average molecular weight is 828 g/mol. The molecule has 318 valence electrons. The van der Waals surface area contributed by atoms with Gasteiger partial charge in [0.05, 0.1) is 35.9 Å². The molecule has 2 amide bonds. The predicted molar refractivity (Wildman–Crippen MR) is 243 cm³/mol. The molecule has 0 saturated carbocycles. The highest BCUT2D eigenvalue weighted by atomic mass is 16.2. The summed E-state index contributed by atoms with van der Waals surface area (Å²) in [7, 11) is 2.15. The van der Waals surface area contributed by atoms with Gasteiger partial charge >= 0.3 is 0 Å². The predicted octanol–water partition coefficient (Wildman–Crippen LogP) is 8.29. The number of aromatic amines is 2. The fraction of sp³-hybridized carbons (Fsp3) is 0.373. The van der Waals surface area contributed by atoms with Crippen LogP contribution in [-0.4, -0.2) is 116 Å². The second-order valence-corrected chi connectivity index (χ2v) is 17.6. The summed E-state index contributed by atoms with van der Waals surface area (Å²) in [6, 6.07) is 37.0. The van der Waals surface area contributed by atoms with Crippen molar-refractivity contribution in [1.29, 1.82) is 0 Å². The Hall–Kier alpha value is -5.88. The molecule has 4 fully saturated rings. The number of rotatable bonds is 11. The average Bonchev–Trinajstić information content (AvgIpc) is 4.18. The van der Waals surface area contributed by atoms with Gasteiger partial charge in [-0.1, -0.05) is 109 Å². The molecule has 6 aromatic rings. The fourth-order valence-corrected chi connectivity index (χ4v) is 10.3. The van der Waals surface area contributed by atoms with Crippen LogP contribution in [0.25, 0.3) is 33.6 Å². The highest BCUT2D eigenvalue weighted by Gasteiger charge is 2.41. The Kier molecular flexibility index (Phi) is 11.6. The van der Waals surface area contributed by atoms with Crippen LogP contribution in [0, 0.1) is 0 Å². The topological polar surface area (TPSA) is 108 Å². The van der Waals surface area contributed by atoms with Crippen molar-refractivity contribution >= 4 is 11.8 Å². The van der Waals surface area contributed by atoms with Crippen LogP contribution < -0.4 is 0 Å². The minimum atomic E-state index is -0.295. The van der Waals surface area contributed by atoms with Gasteiger partial charge in [-0.15, -0.1) is 0 Å². The maximum absolute atomic E-state index is 14.5. The Balaban J connectivity index is 0.803. The number of imidazole rings is 2. The van der Waals surface area contributed by atoms with E-state index < -0.39 is 0 Å². The molecule has 0 bridgehead atoms. The maximum Gasteiger partial charge on any atom is 0.245 e. The number of amides is 2. The van der Waals surface area contributed by atoms with Crippen LogP contribution in [0.3, 0.4) is 0 Å². The lowest BCUT2D eigenvalue weighted by Gasteiger charge is -2.39. The van der Waals surface area contributed by atoms with E-state index >= 15 is 0 Å². The number of piperazine rings is 1. The number of likely N-dealkylation sites (N-methyl/N-ethyl adjacent to an activating group) is 1. The van der Waals surface area contributed by atoms with Gasteiger partial charge < -0.3 is 24.7 Å². The summed E-state index contributed by atoms with van der Waals surface area (Å²) in [5.41, 5.74) is 8.40.